The van der Waals surface area contributed by atoms with Gasteiger partial charge in [-0.1, -0.05) is 12.1 Å². The molecular weight excluding hydrogens is 179 g/mol. The number of aliphatic hydroxyl groups excluding tert-OH is 1. The molecule has 66 valence electrons. The van der Waals surface area contributed by atoms with E-state index in [2.05, 4.69) is 4.43 Å². The highest BCUT2D eigenvalue weighted by Crippen LogP contribution is 1.92. The third-order valence-electron chi connectivity index (χ3n) is 1.29. The average molecular weight is 188 g/mol. The standard InChI is InChI=1S/C7H9FO3Si/c8-5-2-1-3-6(4-5)12-11-7(9)10/h1-4,7,9-10H,12H2. The van der Waals surface area contributed by atoms with E-state index >= 15 is 0 Å². The Morgan fingerprint density at radius 1 is 1.42 bits per heavy atom. The lowest BCUT2D eigenvalue weighted by Crippen LogP contribution is -2.23. The Balaban J connectivity index is 2.52. The molecule has 0 bridgehead atoms. The summed E-state index contributed by atoms with van der Waals surface area (Å²) < 4.78 is 17.1. The number of hydrogen-bond acceptors (Lipinski definition) is 3. The lowest BCUT2D eigenvalue weighted by Gasteiger charge is -2.04. The fraction of sp³-hybridized carbons (Fsp3) is 0.143. The first-order chi connectivity index (χ1) is 5.68. The van der Waals surface area contributed by atoms with E-state index in [9.17, 15) is 4.39 Å². The second-order valence-electron chi connectivity index (χ2n) is 2.27. The second-order valence-corrected chi connectivity index (χ2v) is 3.71. The smallest absolute Gasteiger partial charge is 0.256 e. The first kappa shape index (κ1) is 9.34. The molecule has 0 radical (unpaired) electrons. The van der Waals surface area contributed by atoms with Gasteiger partial charge in [-0.05, 0) is 17.3 Å². The van der Waals surface area contributed by atoms with Crippen molar-refractivity contribution < 1.29 is 19.0 Å². The van der Waals surface area contributed by atoms with Gasteiger partial charge in [-0.2, -0.15) is 0 Å². The van der Waals surface area contributed by atoms with Crippen LogP contribution < -0.4 is 5.19 Å². The van der Waals surface area contributed by atoms with Crippen LogP contribution in [-0.2, 0) is 4.43 Å². The molecule has 0 fully saturated rings. The molecule has 1 aromatic carbocycles. The zero-order valence-electron chi connectivity index (χ0n) is 6.27. The Bertz CT molecular complexity index is 254. The molecule has 12 heavy (non-hydrogen) atoms. The van der Waals surface area contributed by atoms with Crippen molar-refractivity contribution in [3.63, 3.8) is 0 Å². The van der Waals surface area contributed by atoms with Crippen molar-refractivity contribution in [2.24, 2.45) is 0 Å². The van der Waals surface area contributed by atoms with Crippen LogP contribution in [-0.4, -0.2) is 26.5 Å². The maximum atomic E-state index is 12.5. The zero-order chi connectivity index (χ0) is 8.97. The Morgan fingerprint density at radius 3 is 2.75 bits per heavy atom. The molecule has 0 aromatic heterocycles. The van der Waals surface area contributed by atoms with E-state index in [1.807, 2.05) is 0 Å². The number of rotatable bonds is 3. The number of aliphatic hydroxyl groups is 2. The van der Waals surface area contributed by atoms with Gasteiger partial charge in [-0.3, -0.25) is 0 Å². The van der Waals surface area contributed by atoms with Crippen LogP contribution in [0.15, 0.2) is 24.3 Å². The largest absolute Gasteiger partial charge is 0.373 e. The minimum absolute atomic E-state index is 0.337. The first-order valence-corrected chi connectivity index (χ1v) is 4.69. The molecule has 0 spiro atoms. The molecule has 0 aliphatic carbocycles. The van der Waals surface area contributed by atoms with Crippen LogP contribution in [0.2, 0.25) is 0 Å². The molecule has 1 rings (SSSR count). The summed E-state index contributed by atoms with van der Waals surface area (Å²) >= 11 is 0. The Kier molecular flexibility index (Phi) is 3.36. The Labute approximate surface area is 71.4 Å². The van der Waals surface area contributed by atoms with Gasteiger partial charge in [-0.15, -0.1) is 0 Å². The van der Waals surface area contributed by atoms with Gasteiger partial charge < -0.3 is 14.6 Å². The highest BCUT2D eigenvalue weighted by molar-refractivity contribution is 6.46. The van der Waals surface area contributed by atoms with Crippen LogP contribution in [0.4, 0.5) is 4.39 Å². The summed E-state index contributed by atoms with van der Waals surface area (Å²) in [5.74, 6) is -0.337. The third kappa shape index (κ3) is 3.10. The van der Waals surface area contributed by atoms with Crippen molar-refractivity contribution in [1.82, 2.24) is 0 Å². The van der Waals surface area contributed by atoms with Crippen molar-refractivity contribution in [2.75, 3.05) is 0 Å². The quantitative estimate of drug-likeness (QED) is 0.464. The summed E-state index contributed by atoms with van der Waals surface area (Å²) in [5, 5.41) is 17.4. The minimum Gasteiger partial charge on any atom is -0.373 e. The summed E-state index contributed by atoms with van der Waals surface area (Å²) in [4.78, 5) is 0. The lowest BCUT2D eigenvalue weighted by molar-refractivity contribution is -0.179. The van der Waals surface area contributed by atoms with E-state index in [4.69, 9.17) is 10.2 Å². The van der Waals surface area contributed by atoms with E-state index < -0.39 is 16.2 Å². The van der Waals surface area contributed by atoms with Crippen molar-refractivity contribution in [2.45, 2.75) is 6.48 Å². The van der Waals surface area contributed by atoms with E-state index in [-0.39, 0.29) is 5.82 Å². The first-order valence-electron chi connectivity index (χ1n) is 3.40. The molecule has 0 heterocycles. The summed E-state index contributed by atoms with van der Waals surface area (Å²) in [7, 11) is -1.22. The molecule has 3 nitrogen and oxygen atoms in total. The molecule has 1 aromatic rings. The normalized spacial score (nSPS) is 11.7. The van der Waals surface area contributed by atoms with Crippen LogP contribution in [0.5, 0.6) is 0 Å². The van der Waals surface area contributed by atoms with Gasteiger partial charge in [0.05, 0.1) is 0 Å². The molecule has 0 saturated heterocycles. The van der Waals surface area contributed by atoms with Crippen molar-refractivity contribution in [3.05, 3.63) is 30.1 Å². The zero-order valence-corrected chi connectivity index (χ0v) is 7.69. The molecule has 0 aliphatic heterocycles. The van der Waals surface area contributed by atoms with Gasteiger partial charge >= 0.3 is 0 Å². The molecule has 2 N–H and O–H groups in total. The fourth-order valence-corrected chi connectivity index (χ4v) is 1.65. The number of hydrogen-bond donors (Lipinski definition) is 2. The van der Waals surface area contributed by atoms with Gasteiger partial charge in [0.25, 0.3) is 6.48 Å². The lowest BCUT2D eigenvalue weighted by atomic mass is 10.3. The Morgan fingerprint density at radius 2 is 2.17 bits per heavy atom. The average Bonchev–Trinajstić information content (AvgIpc) is 2.01. The predicted molar refractivity (Wildman–Crippen MR) is 43.9 cm³/mol. The van der Waals surface area contributed by atoms with Crippen molar-refractivity contribution in [3.8, 4) is 0 Å². The van der Waals surface area contributed by atoms with Gasteiger partial charge in [0, 0.05) is 0 Å². The third-order valence-corrected chi connectivity index (χ3v) is 2.53. The highest BCUT2D eigenvalue weighted by Gasteiger charge is 1.99. The summed E-state index contributed by atoms with van der Waals surface area (Å²) in [6.07, 6.45) is 0. The number of benzene rings is 1. The van der Waals surface area contributed by atoms with Crippen LogP contribution >= 0.6 is 0 Å². The van der Waals surface area contributed by atoms with Gasteiger partial charge in [-0.25, -0.2) is 4.39 Å². The minimum atomic E-state index is -1.75. The van der Waals surface area contributed by atoms with E-state index in [0.29, 0.717) is 5.19 Å². The monoisotopic (exact) mass is 188 g/mol. The van der Waals surface area contributed by atoms with Gasteiger partial charge in [0.15, 0.2) is 9.76 Å². The van der Waals surface area contributed by atoms with Gasteiger partial charge in [0.1, 0.15) is 5.82 Å². The highest BCUT2D eigenvalue weighted by atomic mass is 28.2. The second kappa shape index (κ2) is 4.32. The maximum Gasteiger partial charge on any atom is 0.256 e. The van der Waals surface area contributed by atoms with Crippen LogP contribution in [0.3, 0.4) is 0 Å². The Hall–Kier alpha value is -0.753. The van der Waals surface area contributed by atoms with Crippen molar-refractivity contribution >= 4 is 14.9 Å². The van der Waals surface area contributed by atoms with E-state index in [0.717, 1.165) is 0 Å². The summed E-state index contributed by atoms with van der Waals surface area (Å²) in [6, 6.07) is 5.91. The summed E-state index contributed by atoms with van der Waals surface area (Å²) in [6.45, 7) is -1.75. The summed E-state index contributed by atoms with van der Waals surface area (Å²) in [5.41, 5.74) is 0. The SMILES string of the molecule is OC(O)O[SiH2]c1cccc(F)c1. The van der Waals surface area contributed by atoms with Crippen LogP contribution in [0.25, 0.3) is 0 Å². The van der Waals surface area contributed by atoms with E-state index in [1.165, 1.54) is 12.1 Å². The number of halogens is 1. The molecule has 0 aliphatic rings. The van der Waals surface area contributed by atoms with Crippen LogP contribution in [0.1, 0.15) is 0 Å². The molecule has 0 amide bonds. The van der Waals surface area contributed by atoms with Crippen LogP contribution in [0, 0.1) is 5.82 Å². The van der Waals surface area contributed by atoms with E-state index in [1.54, 1.807) is 12.1 Å². The maximum absolute atomic E-state index is 12.5. The molecule has 5 heteroatoms. The fourth-order valence-electron chi connectivity index (χ4n) is 0.798. The topological polar surface area (TPSA) is 49.7 Å². The molecule has 0 saturated carbocycles. The van der Waals surface area contributed by atoms with Crippen molar-refractivity contribution in [1.29, 1.82) is 0 Å². The predicted octanol–water partition coefficient (Wildman–Crippen LogP) is -1.18. The molecular formula is C7H9FO3Si. The molecule has 0 atom stereocenters. The molecule has 0 unspecified atom stereocenters. The van der Waals surface area contributed by atoms with Gasteiger partial charge in [0.2, 0.25) is 0 Å².